The van der Waals surface area contributed by atoms with Gasteiger partial charge in [-0.15, -0.1) is 0 Å². The molecule has 0 saturated carbocycles. The number of aliphatic hydroxyl groups is 2. The van der Waals surface area contributed by atoms with E-state index in [-0.39, 0.29) is 17.3 Å². The van der Waals surface area contributed by atoms with Gasteiger partial charge in [0.1, 0.15) is 22.5 Å². The monoisotopic (exact) mass is 754 g/mol. The van der Waals surface area contributed by atoms with Crippen LogP contribution in [0.5, 0.6) is 11.5 Å². The lowest BCUT2D eigenvalue weighted by Crippen LogP contribution is -2.11. The molecule has 5 aromatic carbocycles. The van der Waals surface area contributed by atoms with Crippen LogP contribution < -0.4 is 8.92 Å². The highest BCUT2D eigenvalue weighted by molar-refractivity contribution is 8.00. The first-order valence-corrected chi connectivity index (χ1v) is 20.7. The molecule has 0 aromatic heterocycles. The molecule has 0 fully saturated rings. The summed E-state index contributed by atoms with van der Waals surface area (Å²) >= 11 is 1.32. The largest absolute Gasteiger partial charge is 0.494 e. The van der Waals surface area contributed by atoms with Crippen molar-refractivity contribution in [3.63, 3.8) is 0 Å². The summed E-state index contributed by atoms with van der Waals surface area (Å²) < 4.78 is 45.4. The van der Waals surface area contributed by atoms with Gasteiger partial charge in [0.2, 0.25) is 0 Å². The Kier molecular flexibility index (Phi) is 15.4. The van der Waals surface area contributed by atoms with Crippen molar-refractivity contribution in [2.75, 3.05) is 13.2 Å². The van der Waals surface area contributed by atoms with Crippen LogP contribution in [0.1, 0.15) is 87.2 Å². The molecule has 0 aliphatic carbocycles. The number of benzene rings is 5. The van der Waals surface area contributed by atoms with Crippen LogP contribution in [0.25, 0.3) is 11.1 Å². The minimum atomic E-state index is -4.29. The molecule has 0 bridgehead atoms. The molecule has 0 aliphatic heterocycles. The van der Waals surface area contributed by atoms with Gasteiger partial charge in [-0.05, 0) is 94.8 Å². The van der Waals surface area contributed by atoms with Crippen LogP contribution in [0.15, 0.2) is 130 Å². The fraction of sp³-hybridized carbons (Fsp3) is 0.318. The highest BCUT2D eigenvalue weighted by Crippen LogP contribution is 2.40. The lowest BCUT2D eigenvalue weighted by molar-refractivity contribution is 0.116. The predicted molar refractivity (Wildman–Crippen MR) is 212 cm³/mol. The number of aliphatic hydroxyl groups excluding tert-OH is 2. The van der Waals surface area contributed by atoms with E-state index in [1.165, 1.54) is 31.0 Å². The summed E-state index contributed by atoms with van der Waals surface area (Å²) in [6, 6.07) is 34.2. The fourth-order valence-electron chi connectivity index (χ4n) is 5.96. The second-order valence-corrected chi connectivity index (χ2v) is 15.6. The summed E-state index contributed by atoms with van der Waals surface area (Å²) in [5.41, 5.74) is 3.88. The normalized spacial score (nSPS) is 12.1. The van der Waals surface area contributed by atoms with E-state index in [1.54, 1.807) is 42.5 Å². The third kappa shape index (κ3) is 11.4. The molecule has 1 unspecified atom stereocenters. The Morgan fingerprint density at radius 1 is 0.698 bits per heavy atom. The Balaban J connectivity index is 1.46. The minimum absolute atomic E-state index is 0.00121. The van der Waals surface area contributed by atoms with E-state index in [2.05, 4.69) is 13.8 Å². The fourth-order valence-corrected chi connectivity index (χ4v) is 8.26. The van der Waals surface area contributed by atoms with Gasteiger partial charge in [-0.1, -0.05) is 124 Å². The molecule has 0 aliphatic rings. The zero-order chi connectivity index (χ0) is 37.5. The SMILES string of the molecule is CCCCCCCOCc1ccc(CO)c(C(O)c2ccccc2-c2ccc(Sc3ccc(OCCCC)cc3)c(S(=O)(=O)Oc3ccccc3)c2)c1. The minimum Gasteiger partial charge on any atom is -0.494 e. The highest BCUT2D eigenvalue weighted by atomic mass is 32.2. The number of rotatable bonds is 21. The number of ether oxygens (including phenoxy) is 2. The van der Waals surface area contributed by atoms with Gasteiger partial charge in [-0.3, -0.25) is 0 Å². The molecule has 1 atom stereocenters. The molecule has 7 nitrogen and oxygen atoms in total. The van der Waals surface area contributed by atoms with E-state index in [9.17, 15) is 18.6 Å². The van der Waals surface area contributed by atoms with E-state index in [0.29, 0.717) is 52.5 Å². The molecule has 280 valence electrons. The standard InChI is InChI=1S/C44H50O7S2/c1-3-5-7-8-14-27-49-32-33-19-20-35(31-45)41(29-33)44(46)40-18-13-12-17-39(40)34-21-26-42(52-38-24-22-36(23-25-38)50-28-6-4-2)43(30-34)53(47,48)51-37-15-10-9-11-16-37/h9-13,15-26,29-30,44-46H,3-8,14,27-28,31-32H2,1-2H3. The average molecular weight is 755 g/mol. The first kappa shape index (κ1) is 40.1. The molecule has 2 N–H and O–H groups in total. The summed E-state index contributed by atoms with van der Waals surface area (Å²) in [6.07, 6.45) is 6.69. The molecule has 0 radical (unpaired) electrons. The second-order valence-electron chi connectivity index (χ2n) is 12.9. The Hall–Kier alpha value is -4.12. The zero-order valence-corrected chi connectivity index (χ0v) is 32.2. The van der Waals surface area contributed by atoms with Gasteiger partial charge >= 0.3 is 10.1 Å². The van der Waals surface area contributed by atoms with Crippen LogP contribution in [-0.4, -0.2) is 31.8 Å². The third-order valence-corrected chi connectivity index (χ3v) is 11.4. The summed E-state index contributed by atoms with van der Waals surface area (Å²) in [5, 5.41) is 22.2. The molecule has 53 heavy (non-hydrogen) atoms. The Morgan fingerprint density at radius 3 is 2.19 bits per heavy atom. The van der Waals surface area contributed by atoms with Gasteiger partial charge in [-0.25, -0.2) is 0 Å². The summed E-state index contributed by atoms with van der Waals surface area (Å²) in [4.78, 5) is 1.33. The maximum atomic E-state index is 14.0. The van der Waals surface area contributed by atoms with Gasteiger partial charge in [0.25, 0.3) is 0 Å². The van der Waals surface area contributed by atoms with Crippen LogP contribution in [0.3, 0.4) is 0 Å². The van der Waals surface area contributed by atoms with E-state index in [1.807, 2.05) is 72.8 Å². The van der Waals surface area contributed by atoms with E-state index >= 15 is 0 Å². The molecule has 0 amide bonds. The van der Waals surface area contributed by atoms with Gasteiger partial charge in [0.15, 0.2) is 0 Å². The molecule has 0 spiro atoms. The second kappa shape index (κ2) is 20.4. The van der Waals surface area contributed by atoms with Crippen LogP contribution in [0.2, 0.25) is 0 Å². The first-order chi connectivity index (χ1) is 25.8. The van der Waals surface area contributed by atoms with Crippen LogP contribution in [0.4, 0.5) is 0 Å². The van der Waals surface area contributed by atoms with Crippen molar-refractivity contribution in [2.45, 2.75) is 92.8 Å². The molecule has 0 heterocycles. The molecule has 0 saturated heterocycles. The number of para-hydroxylation sites is 1. The van der Waals surface area contributed by atoms with Gasteiger partial charge in [-0.2, -0.15) is 8.42 Å². The third-order valence-electron chi connectivity index (χ3n) is 8.88. The Labute approximate surface area is 319 Å². The van der Waals surface area contributed by atoms with Crippen molar-refractivity contribution in [1.82, 2.24) is 0 Å². The topological polar surface area (TPSA) is 102 Å². The van der Waals surface area contributed by atoms with E-state index in [0.717, 1.165) is 41.9 Å². The average Bonchev–Trinajstić information content (AvgIpc) is 3.18. The van der Waals surface area contributed by atoms with Crippen LogP contribution in [0, 0.1) is 0 Å². The molecular formula is C44H50O7S2. The lowest BCUT2D eigenvalue weighted by Gasteiger charge is -2.20. The predicted octanol–water partition coefficient (Wildman–Crippen LogP) is 10.5. The molecular weight excluding hydrogens is 705 g/mol. The molecule has 5 rings (SSSR count). The van der Waals surface area contributed by atoms with E-state index < -0.39 is 16.2 Å². The van der Waals surface area contributed by atoms with Crippen LogP contribution >= 0.6 is 11.8 Å². The van der Waals surface area contributed by atoms with Crippen molar-refractivity contribution in [1.29, 1.82) is 0 Å². The Morgan fingerprint density at radius 2 is 1.43 bits per heavy atom. The number of hydrogen-bond donors (Lipinski definition) is 2. The van der Waals surface area contributed by atoms with Crippen LogP contribution in [-0.2, 0) is 28.1 Å². The highest BCUT2D eigenvalue weighted by Gasteiger charge is 2.25. The summed E-state index contributed by atoms with van der Waals surface area (Å²) in [6.45, 7) is 5.77. The zero-order valence-electron chi connectivity index (χ0n) is 30.6. The van der Waals surface area contributed by atoms with Crippen molar-refractivity contribution >= 4 is 21.9 Å². The number of hydrogen-bond acceptors (Lipinski definition) is 8. The quantitative estimate of drug-likeness (QED) is 0.0564. The maximum Gasteiger partial charge on any atom is 0.340 e. The van der Waals surface area contributed by atoms with Crippen molar-refractivity contribution in [3.8, 4) is 22.6 Å². The van der Waals surface area contributed by atoms with Gasteiger partial charge in [0, 0.05) is 16.4 Å². The molecule has 9 heteroatoms. The van der Waals surface area contributed by atoms with Crippen molar-refractivity contribution in [2.24, 2.45) is 0 Å². The first-order valence-electron chi connectivity index (χ1n) is 18.4. The molecule has 5 aromatic rings. The van der Waals surface area contributed by atoms with Gasteiger partial charge in [0.05, 0.1) is 19.8 Å². The number of unbranched alkanes of at least 4 members (excludes halogenated alkanes) is 5. The summed E-state index contributed by atoms with van der Waals surface area (Å²) in [7, 11) is -4.29. The lowest BCUT2D eigenvalue weighted by atomic mass is 9.90. The Bertz CT molecular complexity index is 1980. The van der Waals surface area contributed by atoms with E-state index in [4.69, 9.17) is 13.7 Å². The summed E-state index contributed by atoms with van der Waals surface area (Å²) in [5.74, 6) is 0.962. The maximum absolute atomic E-state index is 14.0. The van der Waals surface area contributed by atoms with Crippen molar-refractivity contribution < 1.29 is 32.3 Å². The van der Waals surface area contributed by atoms with Crippen molar-refractivity contribution in [3.05, 3.63) is 138 Å². The van der Waals surface area contributed by atoms with Gasteiger partial charge < -0.3 is 23.9 Å². The smallest absolute Gasteiger partial charge is 0.340 e.